The second-order valence-corrected chi connectivity index (χ2v) is 9.71. The van der Waals surface area contributed by atoms with Crippen LogP contribution in [0.2, 0.25) is 0 Å². The SMILES string of the molecule is CCCC(C)S(=O)(=O)Nc1ccccc1-c1ccc2cnc(S(C)=O)nn12. The quantitative estimate of drug-likeness (QED) is 0.651. The Kier molecular flexibility index (Phi) is 5.61. The fourth-order valence-electron chi connectivity index (χ4n) is 2.83. The number of benzene rings is 1. The highest BCUT2D eigenvalue weighted by molar-refractivity contribution is 7.93. The van der Waals surface area contributed by atoms with Gasteiger partial charge in [0.15, 0.2) is 0 Å². The van der Waals surface area contributed by atoms with Gasteiger partial charge in [-0.1, -0.05) is 31.5 Å². The van der Waals surface area contributed by atoms with E-state index >= 15 is 0 Å². The van der Waals surface area contributed by atoms with Crippen molar-refractivity contribution in [3.8, 4) is 11.3 Å². The Morgan fingerprint density at radius 1 is 1.22 bits per heavy atom. The number of nitrogens with zero attached hydrogens (tertiary/aromatic N) is 3. The van der Waals surface area contributed by atoms with Gasteiger partial charge in [-0.2, -0.15) is 0 Å². The Morgan fingerprint density at radius 3 is 2.67 bits per heavy atom. The van der Waals surface area contributed by atoms with E-state index in [-0.39, 0.29) is 5.16 Å². The first-order chi connectivity index (χ1) is 12.8. The highest BCUT2D eigenvalue weighted by Gasteiger charge is 2.22. The van der Waals surface area contributed by atoms with E-state index in [0.717, 1.165) is 11.9 Å². The Morgan fingerprint density at radius 2 is 1.96 bits per heavy atom. The third-order valence-corrected chi connectivity index (χ3v) is 6.82. The molecule has 0 saturated heterocycles. The minimum atomic E-state index is -3.50. The molecule has 0 radical (unpaired) electrons. The van der Waals surface area contributed by atoms with Crippen LogP contribution in [0.4, 0.5) is 5.69 Å². The smallest absolute Gasteiger partial charge is 0.237 e. The first kappa shape index (κ1) is 19.5. The number of aromatic nitrogens is 3. The monoisotopic (exact) mass is 406 g/mol. The van der Waals surface area contributed by atoms with Gasteiger partial charge in [0, 0.05) is 11.8 Å². The molecule has 0 bridgehead atoms. The van der Waals surface area contributed by atoms with Gasteiger partial charge in [0.2, 0.25) is 15.2 Å². The van der Waals surface area contributed by atoms with Crippen molar-refractivity contribution in [2.24, 2.45) is 0 Å². The van der Waals surface area contributed by atoms with Crippen LogP contribution in [0.25, 0.3) is 16.8 Å². The highest BCUT2D eigenvalue weighted by atomic mass is 32.2. The summed E-state index contributed by atoms with van der Waals surface area (Å²) in [6.07, 6.45) is 4.50. The van der Waals surface area contributed by atoms with Crippen LogP contribution in [0.1, 0.15) is 26.7 Å². The van der Waals surface area contributed by atoms with Crippen LogP contribution in [-0.4, -0.2) is 38.7 Å². The summed E-state index contributed by atoms with van der Waals surface area (Å²) in [4.78, 5) is 4.10. The fraction of sp³-hybridized carbons (Fsp3) is 0.333. The van der Waals surface area contributed by atoms with E-state index in [9.17, 15) is 12.6 Å². The number of nitrogens with one attached hydrogen (secondary N) is 1. The van der Waals surface area contributed by atoms with E-state index in [1.807, 2.05) is 31.2 Å². The predicted octanol–water partition coefficient (Wildman–Crippen LogP) is 3.06. The molecule has 144 valence electrons. The summed E-state index contributed by atoms with van der Waals surface area (Å²) in [5, 5.41) is 4.07. The molecule has 0 aliphatic heterocycles. The molecule has 1 aromatic carbocycles. The molecular weight excluding hydrogens is 384 g/mol. The molecule has 9 heteroatoms. The number of anilines is 1. The average molecular weight is 407 g/mol. The van der Waals surface area contributed by atoms with Gasteiger partial charge in [-0.05, 0) is 31.5 Å². The van der Waals surface area contributed by atoms with Crippen LogP contribution < -0.4 is 4.72 Å². The van der Waals surface area contributed by atoms with Crippen LogP contribution in [0.3, 0.4) is 0 Å². The van der Waals surface area contributed by atoms with E-state index in [1.165, 1.54) is 6.26 Å². The summed E-state index contributed by atoms with van der Waals surface area (Å²) in [6.45, 7) is 3.67. The van der Waals surface area contributed by atoms with E-state index in [2.05, 4.69) is 14.8 Å². The van der Waals surface area contributed by atoms with E-state index in [1.54, 1.807) is 29.8 Å². The van der Waals surface area contributed by atoms with Crippen molar-refractivity contribution in [3.05, 3.63) is 42.6 Å². The first-order valence-electron chi connectivity index (χ1n) is 8.62. The summed E-state index contributed by atoms with van der Waals surface area (Å²) in [5.74, 6) is 0. The van der Waals surface area contributed by atoms with E-state index in [0.29, 0.717) is 23.4 Å². The Hall–Kier alpha value is -2.26. The van der Waals surface area contributed by atoms with Gasteiger partial charge in [-0.15, -0.1) is 5.10 Å². The van der Waals surface area contributed by atoms with Crippen molar-refractivity contribution in [2.75, 3.05) is 11.0 Å². The Balaban J connectivity index is 2.08. The molecule has 0 saturated carbocycles. The third kappa shape index (κ3) is 4.03. The van der Waals surface area contributed by atoms with E-state index in [4.69, 9.17) is 0 Å². The van der Waals surface area contributed by atoms with Gasteiger partial charge in [0.1, 0.15) is 0 Å². The lowest BCUT2D eigenvalue weighted by Crippen LogP contribution is -2.25. The van der Waals surface area contributed by atoms with Crippen LogP contribution in [-0.2, 0) is 20.8 Å². The number of fused-ring (bicyclic) bond motifs is 1. The summed E-state index contributed by atoms with van der Waals surface area (Å²) < 4.78 is 41.3. The molecule has 7 nitrogen and oxygen atoms in total. The standard InChI is InChI=1S/C18H22N4O3S2/c1-4-7-13(2)27(24,25)21-16-9-6-5-8-15(16)17-11-10-14-12-19-18(26(3)23)20-22(14)17/h5-6,8-13,21H,4,7H2,1-3H3. The van der Waals surface area contributed by atoms with Gasteiger partial charge in [0.25, 0.3) is 0 Å². The zero-order valence-corrected chi connectivity index (χ0v) is 17.0. The highest BCUT2D eigenvalue weighted by Crippen LogP contribution is 2.30. The van der Waals surface area contributed by atoms with Crippen molar-refractivity contribution in [1.82, 2.24) is 14.6 Å². The van der Waals surface area contributed by atoms with E-state index < -0.39 is 26.1 Å². The third-order valence-electron chi connectivity index (χ3n) is 4.31. The minimum Gasteiger partial charge on any atom is -0.283 e. The number of hydrogen-bond acceptors (Lipinski definition) is 5. The zero-order chi connectivity index (χ0) is 19.6. The summed E-state index contributed by atoms with van der Waals surface area (Å²) in [5.41, 5.74) is 2.60. The predicted molar refractivity (Wildman–Crippen MR) is 108 cm³/mol. The molecular formula is C18H22N4O3S2. The topological polar surface area (TPSA) is 93.4 Å². The van der Waals surface area contributed by atoms with Crippen LogP contribution in [0.15, 0.2) is 47.8 Å². The summed E-state index contributed by atoms with van der Waals surface area (Å²) in [7, 11) is -4.82. The van der Waals surface area contributed by atoms with Gasteiger partial charge >= 0.3 is 0 Å². The largest absolute Gasteiger partial charge is 0.283 e. The average Bonchev–Trinajstić information content (AvgIpc) is 3.05. The zero-order valence-electron chi connectivity index (χ0n) is 15.4. The second kappa shape index (κ2) is 7.77. The van der Waals surface area contributed by atoms with Crippen LogP contribution in [0, 0.1) is 0 Å². The lowest BCUT2D eigenvalue weighted by Gasteiger charge is -2.16. The molecule has 2 heterocycles. The number of para-hydroxylation sites is 1. The molecule has 0 amide bonds. The maximum Gasteiger partial charge on any atom is 0.237 e. The number of sulfonamides is 1. The first-order valence-corrected chi connectivity index (χ1v) is 11.7. The fourth-order valence-corrected chi connectivity index (χ4v) is 4.46. The van der Waals surface area contributed by atoms with Crippen molar-refractivity contribution < 1.29 is 12.6 Å². The van der Waals surface area contributed by atoms with Crippen LogP contribution >= 0.6 is 0 Å². The lowest BCUT2D eigenvalue weighted by molar-refractivity contribution is 0.581. The van der Waals surface area contributed by atoms with Crippen molar-refractivity contribution in [2.45, 2.75) is 37.1 Å². The molecule has 2 atom stereocenters. The summed E-state index contributed by atoms with van der Waals surface area (Å²) >= 11 is 0. The maximum atomic E-state index is 12.6. The molecule has 3 rings (SSSR count). The lowest BCUT2D eigenvalue weighted by atomic mass is 10.1. The molecule has 0 aliphatic carbocycles. The molecule has 27 heavy (non-hydrogen) atoms. The Bertz CT molecular complexity index is 1090. The molecule has 2 unspecified atom stereocenters. The maximum absolute atomic E-state index is 12.6. The summed E-state index contributed by atoms with van der Waals surface area (Å²) in [6, 6.07) is 10.8. The van der Waals surface area contributed by atoms with Gasteiger partial charge < -0.3 is 0 Å². The molecule has 1 N–H and O–H groups in total. The molecule has 2 aromatic heterocycles. The van der Waals surface area contributed by atoms with Crippen molar-refractivity contribution in [3.63, 3.8) is 0 Å². The molecule has 3 aromatic rings. The van der Waals surface area contributed by atoms with Gasteiger partial charge in [-0.25, -0.2) is 17.9 Å². The minimum absolute atomic E-state index is 0.217. The number of hydrogen-bond donors (Lipinski definition) is 1. The van der Waals surface area contributed by atoms with Crippen LogP contribution in [0.5, 0.6) is 0 Å². The molecule has 0 spiro atoms. The van der Waals surface area contributed by atoms with Crippen molar-refractivity contribution in [1.29, 1.82) is 0 Å². The molecule has 0 fully saturated rings. The second-order valence-electron chi connectivity index (χ2n) is 6.34. The van der Waals surface area contributed by atoms with Crippen molar-refractivity contribution >= 4 is 32.0 Å². The van der Waals surface area contributed by atoms with Gasteiger partial charge in [0.05, 0.1) is 39.1 Å². The van der Waals surface area contributed by atoms with Gasteiger partial charge in [-0.3, -0.25) is 8.93 Å². The Labute approximate surface area is 161 Å². The molecule has 0 aliphatic rings. The normalized spacial score (nSPS) is 14.2. The number of rotatable bonds is 7.